The molecule has 0 radical (unpaired) electrons. The van der Waals surface area contributed by atoms with Gasteiger partial charge in [-0.2, -0.15) is 0 Å². The number of nitrogens with zero attached hydrogens (tertiary/aromatic N) is 4. The quantitative estimate of drug-likeness (QED) is 0.517. The highest BCUT2D eigenvalue weighted by Crippen LogP contribution is 2.31. The minimum Gasteiger partial charge on any atom is -0.486 e. The number of likely N-dealkylation sites (N-methyl/N-ethyl adjacent to an activating group) is 1. The number of hydrogen-bond acceptors (Lipinski definition) is 6. The lowest BCUT2D eigenvalue weighted by Crippen LogP contribution is -2.43. The third-order valence-electron chi connectivity index (χ3n) is 5.05. The van der Waals surface area contributed by atoms with Crippen LogP contribution in [0.2, 0.25) is 0 Å². The molecular weight excluding hydrogens is 380 g/mol. The van der Waals surface area contributed by atoms with Crippen LogP contribution < -0.4 is 14.5 Å². The molecule has 1 amide bonds. The normalized spacial score (nSPS) is 13.4. The van der Waals surface area contributed by atoms with Gasteiger partial charge in [-0.05, 0) is 36.4 Å². The lowest BCUT2D eigenvalue weighted by molar-refractivity contribution is 0.0955. The summed E-state index contributed by atoms with van der Waals surface area (Å²) in [5, 5.41) is 0. The van der Waals surface area contributed by atoms with Gasteiger partial charge in [-0.15, -0.1) is 0 Å². The van der Waals surface area contributed by atoms with Gasteiger partial charge in [-0.1, -0.05) is 30.3 Å². The average Bonchev–Trinajstić information content (AvgIpc) is 3.26. The molecule has 0 N–H and O–H groups in total. The first-order chi connectivity index (χ1) is 14.7. The second-order valence-electron chi connectivity index (χ2n) is 7.11. The maximum atomic E-state index is 13.2. The summed E-state index contributed by atoms with van der Waals surface area (Å²) >= 11 is 0. The summed E-state index contributed by atoms with van der Waals surface area (Å²) in [6.45, 7) is 1.42. The first-order valence-corrected chi connectivity index (χ1v) is 9.75. The van der Waals surface area contributed by atoms with Crippen molar-refractivity contribution < 1.29 is 13.9 Å². The maximum absolute atomic E-state index is 13.2. The third-order valence-corrected chi connectivity index (χ3v) is 5.05. The highest BCUT2D eigenvalue weighted by atomic mass is 16.5. The predicted octanol–water partition coefficient (Wildman–Crippen LogP) is 3.90. The van der Waals surface area contributed by atoms with Crippen LogP contribution in [0.15, 0.2) is 71.1 Å². The fourth-order valence-electron chi connectivity index (χ4n) is 3.45. The molecule has 7 heteroatoms. The Bertz CT molecular complexity index is 1210. The van der Waals surface area contributed by atoms with Crippen LogP contribution in [0.25, 0.3) is 11.0 Å². The predicted molar refractivity (Wildman–Crippen MR) is 114 cm³/mol. The molecule has 150 valence electrons. The summed E-state index contributed by atoms with van der Waals surface area (Å²) in [7, 11) is 1.95. The van der Waals surface area contributed by atoms with E-state index in [1.54, 1.807) is 17.0 Å². The molecule has 0 saturated carbocycles. The number of furan rings is 1. The molecule has 30 heavy (non-hydrogen) atoms. The van der Waals surface area contributed by atoms with Gasteiger partial charge in [0.25, 0.3) is 5.91 Å². The summed E-state index contributed by atoms with van der Waals surface area (Å²) < 4.78 is 11.5. The van der Waals surface area contributed by atoms with Crippen molar-refractivity contribution in [1.29, 1.82) is 0 Å². The molecule has 0 atom stereocenters. The number of aromatic nitrogens is 2. The van der Waals surface area contributed by atoms with E-state index in [1.165, 1.54) is 0 Å². The number of carbonyl (C=O) groups excluding carboxylic acids is 1. The van der Waals surface area contributed by atoms with Gasteiger partial charge in [0.15, 0.2) is 17.4 Å². The second kappa shape index (κ2) is 7.51. The van der Waals surface area contributed by atoms with E-state index >= 15 is 0 Å². The summed E-state index contributed by atoms with van der Waals surface area (Å²) in [6, 6.07) is 20.6. The Balaban J connectivity index is 1.40. The van der Waals surface area contributed by atoms with E-state index in [-0.39, 0.29) is 18.3 Å². The van der Waals surface area contributed by atoms with Gasteiger partial charge in [0.2, 0.25) is 0 Å². The number of anilines is 2. The Kier molecular flexibility index (Phi) is 4.55. The van der Waals surface area contributed by atoms with E-state index < -0.39 is 0 Å². The van der Waals surface area contributed by atoms with Crippen molar-refractivity contribution in [2.24, 2.45) is 0 Å². The fraction of sp³-hybridized carbons (Fsp3) is 0.174. The van der Waals surface area contributed by atoms with Crippen molar-refractivity contribution in [2.45, 2.75) is 6.61 Å². The van der Waals surface area contributed by atoms with Crippen molar-refractivity contribution in [1.82, 2.24) is 9.97 Å². The van der Waals surface area contributed by atoms with Crippen LogP contribution in [0.3, 0.4) is 0 Å². The van der Waals surface area contributed by atoms with Crippen LogP contribution in [-0.2, 0) is 6.61 Å². The van der Waals surface area contributed by atoms with Crippen LogP contribution in [0.5, 0.6) is 5.75 Å². The van der Waals surface area contributed by atoms with E-state index in [1.807, 2.05) is 66.5 Å². The van der Waals surface area contributed by atoms with Gasteiger partial charge in [-0.25, -0.2) is 9.97 Å². The van der Waals surface area contributed by atoms with Crippen molar-refractivity contribution in [2.75, 3.05) is 29.9 Å². The van der Waals surface area contributed by atoms with Gasteiger partial charge in [0.05, 0.1) is 11.0 Å². The molecular formula is C23H20N4O3. The second-order valence-corrected chi connectivity index (χ2v) is 7.11. The van der Waals surface area contributed by atoms with Gasteiger partial charge in [0.1, 0.15) is 18.1 Å². The van der Waals surface area contributed by atoms with Gasteiger partial charge in [0, 0.05) is 20.1 Å². The smallest absolute Gasteiger partial charge is 0.295 e. The van der Waals surface area contributed by atoms with Crippen molar-refractivity contribution in [3.63, 3.8) is 0 Å². The summed E-state index contributed by atoms with van der Waals surface area (Å²) in [5.41, 5.74) is 1.55. The first-order valence-electron chi connectivity index (χ1n) is 9.75. The third kappa shape index (κ3) is 3.34. The van der Waals surface area contributed by atoms with Crippen molar-refractivity contribution in [3.8, 4) is 5.75 Å². The molecule has 0 unspecified atom stereocenters. The Hall–Kier alpha value is -3.87. The summed E-state index contributed by atoms with van der Waals surface area (Å²) in [5.74, 6) is 2.59. The Labute approximate surface area is 173 Å². The molecule has 5 rings (SSSR count). The van der Waals surface area contributed by atoms with Gasteiger partial charge >= 0.3 is 0 Å². The van der Waals surface area contributed by atoms with Crippen LogP contribution >= 0.6 is 0 Å². The van der Waals surface area contributed by atoms with Crippen LogP contribution in [0.4, 0.5) is 11.6 Å². The zero-order valence-electron chi connectivity index (χ0n) is 16.5. The standard InChI is InChI=1S/C23H20N4O3/c1-26-13-14-27(22-21(26)24-18-9-5-6-10-19(18)25-22)23(28)20-12-11-17(30-20)15-29-16-7-3-2-4-8-16/h2-12H,13-15H2,1H3. The topological polar surface area (TPSA) is 71.7 Å². The van der Waals surface area contributed by atoms with E-state index in [0.29, 0.717) is 30.5 Å². The minimum atomic E-state index is -0.236. The molecule has 0 spiro atoms. The molecule has 1 aliphatic rings. The molecule has 0 aliphatic carbocycles. The first kappa shape index (κ1) is 18.2. The Morgan fingerprint density at radius 1 is 0.933 bits per heavy atom. The molecule has 4 aromatic rings. The highest BCUT2D eigenvalue weighted by Gasteiger charge is 2.30. The monoisotopic (exact) mass is 400 g/mol. The number of benzene rings is 2. The molecule has 3 heterocycles. The molecule has 0 fully saturated rings. The van der Waals surface area contributed by atoms with Crippen LogP contribution in [0, 0.1) is 0 Å². The lowest BCUT2D eigenvalue weighted by Gasteiger charge is -2.33. The summed E-state index contributed by atoms with van der Waals surface area (Å²) in [4.78, 5) is 26.3. The SMILES string of the molecule is CN1CCN(C(=O)c2ccc(COc3ccccc3)o2)c2nc3ccccc3nc21. The van der Waals surface area contributed by atoms with E-state index in [0.717, 1.165) is 16.8 Å². The number of fused-ring (bicyclic) bond motifs is 2. The minimum absolute atomic E-state index is 0.236. The Morgan fingerprint density at radius 2 is 1.63 bits per heavy atom. The number of rotatable bonds is 4. The largest absolute Gasteiger partial charge is 0.486 e. The van der Waals surface area contributed by atoms with Gasteiger partial charge in [-0.3, -0.25) is 9.69 Å². The maximum Gasteiger partial charge on any atom is 0.295 e. The van der Waals surface area contributed by atoms with Crippen molar-refractivity contribution in [3.05, 3.63) is 78.3 Å². The van der Waals surface area contributed by atoms with E-state index in [4.69, 9.17) is 19.1 Å². The fourth-order valence-corrected chi connectivity index (χ4v) is 3.45. The lowest BCUT2D eigenvalue weighted by atomic mass is 10.2. The average molecular weight is 400 g/mol. The Morgan fingerprint density at radius 3 is 2.40 bits per heavy atom. The highest BCUT2D eigenvalue weighted by molar-refractivity contribution is 6.06. The molecule has 2 aromatic heterocycles. The number of ether oxygens (including phenoxy) is 1. The number of carbonyl (C=O) groups is 1. The number of amides is 1. The molecule has 2 aromatic carbocycles. The molecule has 1 aliphatic heterocycles. The van der Waals surface area contributed by atoms with Crippen LogP contribution in [-0.4, -0.2) is 36.0 Å². The molecule has 0 bridgehead atoms. The van der Waals surface area contributed by atoms with E-state index in [9.17, 15) is 4.79 Å². The number of para-hydroxylation sites is 3. The summed E-state index contributed by atoms with van der Waals surface area (Å²) in [6.07, 6.45) is 0. The van der Waals surface area contributed by atoms with Crippen molar-refractivity contribution >= 4 is 28.6 Å². The van der Waals surface area contributed by atoms with E-state index in [2.05, 4.69) is 0 Å². The molecule has 7 nitrogen and oxygen atoms in total. The zero-order chi connectivity index (χ0) is 20.5. The van der Waals surface area contributed by atoms with Crippen LogP contribution in [0.1, 0.15) is 16.3 Å². The van der Waals surface area contributed by atoms with Gasteiger partial charge < -0.3 is 14.1 Å². The number of hydrogen-bond donors (Lipinski definition) is 0. The zero-order valence-corrected chi connectivity index (χ0v) is 16.5. The molecule has 0 saturated heterocycles.